The summed E-state index contributed by atoms with van der Waals surface area (Å²) in [6, 6.07) is 10.5. The fourth-order valence-electron chi connectivity index (χ4n) is 5.73. The van der Waals surface area contributed by atoms with Gasteiger partial charge in [-0.15, -0.1) is 0 Å². The van der Waals surface area contributed by atoms with Crippen LogP contribution in [-0.2, 0) is 15.6 Å². The molecule has 0 aliphatic carbocycles. The molecule has 10 nitrogen and oxygen atoms in total. The molecular weight excluding hydrogens is 530 g/mol. The fraction of sp³-hybridized carbons (Fsp3) is 0.483. The SMILES string of the molecule is COc1cc(C)c(S(=O)(=O)N2CCCCC2COc2ccnc(N3CCC(O)(c4ccccn4)CC3)n2)c(C)c1. The maximum absolute atomic E-state index is 13.8. The predicted octanol–water partition coefficient (Wildman–Crippen LogP) is 3.61. The van der Waals surface area contributed by atoms with E-state index < -0.39 is 15.6 Å². The van der Waals surface area contributed by atoms with Gasteiger partial charge in [0.2, 0.25) is 21.9 Å². The Bertz CT molecular complexity index is 1400. The van der Waals surface area contributed by atoms with E-state index in [0.717, 1.165) is 12.8 Å². The van der Waals surface area contributed by atoms with Crippen molar-refractivity contribution in [2.75, 3.05) is 38.3 Å². The van der Waals surface area contributed by atoms with Crippen molar-refractivity contribution in [2.45, 2.75) is 62.5 Å². The van der Waals surface area contributed by atoms with Gasteiger partial charge in [-0.1, -0.05) is 12.5 Å². The molecule has 1 unspecified atom stereocenters. The van der Waals surface area contributed by atoms with E-state index in [1.807, 2.05) is 23.1 Å². The molecule has 2 aliphatic rings. The van der Waals surface area contributed by atoms with Gasteiger partial charge in [0.25, 0.3) is 0 Å². The number of rotatable bonds is 8. The Kier molecular flexibility index (Phi) is 8.25. The number of hydrogen-bond acceptors (Lipinski definition) is 9. The number of hydrogen-bond donors (Lipinski definition) is 1. The Morgan fingerprint density at radius 1 is 1.02 bits per heavy atom. The van der Waals surface area contributed by atoms with Gasteiger partial charge in [-0.25, -0.2) is 13.4 Å². The van der Waals surface area contributed by atoms with Gasteiger partial charge in [-0.3, -0.25) is 4.98 Å². The number of methoxy groups -OCH3 is 1. The van der Waals surface area contributed by atoms with Crippen LogP contribution in [0.4, 0.5) is 5.95 Å². The van der Waals surface area contributed by atoms with Crippen LogP contribution >= 0.6 is 0 Å². The summed E-state index contributed by atoms with van der Waals surface area (Å²) in [5.74, 6) is 1.57. The highest BCUT2D eigenvalue weighted by Crippen LogP contribution is 2.34. The smallest absolute Gasteiger partial charge is 0.243 e. The van der Waals surface area contributed by atoms with Crippen molar-refractivity contribution in [1.82, 2.24) is 19.3 Å². The van der Waals surface area contributed by atoms with Gasteiger partial charge in [-0.05, 0) is 74.9 Å². The van der Waals surface area contributed by atoms with Crippen molar-refractivity contribution in [3.05, 3.63) is 65.6 Å². The maximum atomic E-state index is 13.8. The van der Waals surface area contributed by atoms with E-state index in [0.29, 0.717) is 78.2 Å². The summed E-state index contributed by atoms with van der Waals surface area (Å²) in [6.07, 6.45) is 6.82. The lowest BCUT2D eigenvalue weighted by molar-refractivity contribution is 0.00735. The van der Waals surface area contributed by atoms with Gasteiger partial charge in [0.15, 0.2) is 0 Å². The third kappa shape index (κ3) is 5.77. The molecule has 40 heavy (non-hydrogen) atoms. The Morgan fingerprint density at radius 2 is 1.77 bits per heavy atom. The van der Waals surface area contributed by atoms with Crippen molar-refractivity contribution < 1.29 is 23.0 Å². The molecule has 0 bridgehead atoms. The molecule has 214 valence electrons. The van der Waals surface area contributed by atoms with E-state index in [2.05, 4.69) is 15.0 Å². The highest BCUT2D eigenvalue weighted by atomic mass is 32.2. The molecule has 2 aliphatic heterocycles. The molecule has 2 fully saturated rings. The molecule has 0 spiro atoms. The molecule has 3 aromatic rings. The monoisotopic (exact) mass is 567 g/mol. The number of anilines is 1. The lowest BCUT2D eigenvalue weighted by Gasteiger charge is -2.37. The summed E-state index contributed by atoms with van der Waals surface area (Å²) in [6.45, 7) is 5.40. The normalized spacial score (nSPS) is 19.8. The zero-order valence-corrected chi connectivity index (χ0v) is 24.1. The first-order valence-corrected chi connectivity index (χ1v) is 15.2. The third-order valence-corrected chi connectivity index (χ3v) is 10.1. The minimum Gasteiger partial charge on any atom is -0.497 e. The van der Waals surface area contributed by atoms with Gasteiger partial charge < -0.3 is 19.5 Å². The number of piperidine rings is 2. The average molecular weight is 568 g/mol. The Balaban J connectivity index is 1.27. The number of nitrogens with zero attached hydrogens (tertiary/aromatic N) is 5. The van der Waals surface area contributed by atoms with E-state index in [4.69, 9.17) is 9.47 Å². The second kappa shape index (κ2) is 11.7. The van der Waals surface area contributed by atoms with Crippen molar-refractivity contribution in [3.8, 4) is 11.6 Å². The largest absolute Gasteiger partial charge is 0.497 e. The number of sulfonamides is 1. The summed E-state index contributed by atoms with van der Waals surface area (Å²) < 4.78 is 40.7. The van der Waals surface area contributed by atoms with Crippen molar-refractivity contribution in [3.63, 3.8) is 0 Å². The van der Waals surface area contributed by atoms with E-state index >= 15 is 0 Å². The molecule has 0 saturated carbocycles. The summed E-state index contributed by atoms with van der Waals surface area (Å²) in [7, 11) is -2.16. The molecule has 0 radical (unpaired) electrons. The van der Waals surface area contributed by atoms with Crippen LogP contribution in [0, 0.1) is 13.8 Å². The predicted molar refractivity (Wildman–Crippen MR) is 151 cm³/mol. The topological polar surface area (TPSA) is 118 Å². The molecule has 1 atom stereocenters. The number of pyridine rings is 1. The highest BCUT2D eigenvalue weighted by Gasteiger charge is 2.37. The minimum absolute atomic E-state index is 0.198. The average Bonchev–Trinajstić information content (AvgIpc) is 2.96. The van der Waals surface area contributed by atoms with E-state index in [1.54, 1.807) is 55.9 Å². The van der Waals surface area contributed by atoms with Crippen LogP contribution in [0.25, 0.3) is 0 Å². The van der Waals surface area contributed by atoms with Crippen molar-refractivity contribution >= 4 is 16.0 Å². The number of aromatic nitrogens is 3. The van der Waals surface area contributed by atoms with Crippen LogP contribution in [-0.4, -0.2) is 72.2 Å². The molecule has 2 saturated heterocycles. The lowest BCUT2D eigenvalue weighted by atomic mass is 9.88. The zero-order chi connectivity index (χ0) is 28.3. The van der Waals surface area contributed by atoms with Crippen LogP contribution in [0.15, 0.2) is 53.7 Å². The second-order valence-corrected chi connectivity index (χ2v) is 12.4. The Hall–Kier alpha value is -3.28. The van der Waals surface area contributed by atoms with E-state index in [-0.39, 0.29) is 12.6 Å². The first-order valence-electron chi connectivity index (χ1n) is 13.7. The quantitative estimate of drug-likeness (QED) is 0.436. The Morgan fingerprint density at radius 3 is 2.45 bits per heavy atom. The number of aliphatic hydroxyl groups is 1. The zero-order valence-electron chi connectivity index (χ0n) is 23.3. The number of aryl methyl sites for hydroxylation is 2. The highest BCUT2D eigenvalue weighted by molar-refractivity contribution is 7.89. The summed E-state index contributed by atoms with van der Waals surface area (Å²) >= 11 is 0. The van der Waals surface area contributed by atoms with E-state index in [1.165, 1.54) is 0 Å². The molecule has 4 heterocycles. The molecule has 11 heteroatoms. The van der Waals surface area contributed by atoms with Crippen LogP contribution in [0.3, 0.4) is 0 Å². The molecule has 0 amide bonds. The fourth-order valence-corrected chi connectivity index (χ4v) is 7.82. The van der Waals surface area contributed by atoms with Crippen molar-refractivity contribution in [1.29, 1.82) is 0 Å². The second-order valence-electron chi connectivity index (χ2n) is 10.6. The lowest BCUT2D eigenvalue weighted by Crippen LogP contribution is -2.47. The standard InChI is InChI=1S/C29H37N5O5S/c1-21-18-24(38-3)19-22(2)27(21)40(36,37)34-15-7-5-8-23(34)20-39-26-10-14-31-28(32-26)33-16-11-29(35,12-17-33)25-9-4-6-13-30-25/h4,6,9-10,13-14,18-19,23,35H,5,7-8,11-12,15-17,20H2,1-3H3. The Labute approximate surface area is 236 Å². The van der Waals surface area contributed by atoms with Crippen LogP contribution in [0.2, 0.25) is 0 Å². The van der Waals surface area contributed by atoms with E-state index in [9.17, 15) is 13.5 Å². The summed E-state index contributed by atoms with van der Waals surface area (Å²) in [5, 5.41) is 11.1. The first-order chi connectivity index (χ1) is 19.2. The number of benzene rings is 1. The van der Waals surface area contributed by atoms with Crippen molar-refractivity contribution in [2.24, 2.45) is 0 Å². The third-order valence-electron chi connectivity index (χ3n) is 7.87. The first kappa shape index (κ1) is 28.3. The molecule has 2 aromatic heterocycles. The molecule has 5 rings (SSSR count). The summed E-state index contributed by atoms with van der Waals surface area (Å²) in [4.78, 5) is 15.7. The molecular formula is C29H37N5O5S. The minimum atomic E-state index is -3.73. The van der Waals surface area contributed by atoms with Gasteiger partial charge in [0.1, 0.15) is 18.0 Å². The summed E-state index contributed by atoms with van der Waals surface area (Å²) in [5.41, 5.74) is 1.04. The van der Waals surface area contributed by atoms with Crippen LogP contribution < -0.4 is 14.4 Å². The van der Waals surface area contributed by atoms with Crippen LogP contribution in [0.5, 0.6) is 11.6 Å². The number of ether oxygens (including phenoxy) is 2. The molecule has 1 N–H and O–H groups in total. The molecule has 1 aromatic carbocycles. The van der Waals surface area contributed by atoms with Crippen LogP contribution in [0.1, 0.15) is 48.9 Å². The van der Waals surface area contributed by atoms with Gasteiger partial charge in [0.05, 0.1) is 23.7 Å². The van der Waals surface area contributed by atoms with Gasteiger partial charge >= 0.3 is 0 Å². The van der Waals surface area contributed by atoms with Gasteiger partial charge in [-0.2, -0.15) is 9.29 Å². The maximum Gasteiger partial charge on any atom is 0.243 e. The van der Waals surface area contributed by atoms with Gasteiger partial charge in [0, 0.05) is 38.1 Å².